The van der Waals surface area contributed by atoms with Gasteiger partial charge in [0.1, 0.15) is 34.3 Å². The smallest absolute Gasteiger partial charge is 0.159 e. The average Bonchev–Trinajstić information content (AvgIpc) is 3.89. The summed E-state index contributed by atoms with van der Waals surface area (Å²) in [4.78, 5) is 12.7. The van der Waals surface area contributed by atoms with Crippen molar-refractivity contribution in [3.63, 3.8) is 0 Å². The van der Waals surface area contributed by atoms with Gasteiger partial charge in [0, 0.05) is 55.3 Å². The molecule has 288 valence electrons. The molecule has 6 nitrogen and oxygen atoms in total. The van der Waals surface area contributed by atoms with Gasteiger partial charge in [-0.05, 0) is 94.7 Å². The van der Waals surface area contributed by atoms with Gasteiger partial charge in [0.05, 0.1) is 0 Å². The van der Waals surface area contributed by atoms with Gasteiger partial charge in [0.2, 0.25) is 0 Å². The van der Waals surface area contributed by atoms with Gasteiger partial charge in [-0.15, -0.1) is 0 Å². The van der Waals surface area contributed by atoms with E-state index in [2.05, 4.69) is 168 Å². The average molecular weight is 785 g/mol. The topological polar surface area (TPSA) is 66.3 Å². The third-order valence-electron chi connectivity index (χ3n) is 11.7. The number of fused-ring (bicyclic) bond motifs is 7. The van der Waals surface area contributed by atoms with Crippen LogP contribution in [0.1, 0.15) is 22.9 Å². The summed E-state index contributed by atoms with van der Waals surface area (Å²) in [5.74, 6) is 1.44. The fourth-order valence-corrected chi connectivity index (χ4v) is 8.75. The molecule has 0 saturated heterocycles. The maximum Gasteiger partial charge on any atom is 0.159 e. The molecule has 0 spiro atoms. The maximum absolute atomic E-state index is 6.79. The summed E-state index contributed by atoms with van der Waals surface area (Å²) in [5, 5.41) is 10.3. The highest BCUT2D eigenvalue weighted by molar-refractivity contribution is 6.15. The molecule has 11 aromatic rings. The molecule has 1 atom stereocenters. The molecular weight excluding hydrogens is 749 g/mol. The number of nitrogens with one attached hydrogen (secondary N) is 1. The number of amidine groups is 2. The SMILES string of the molecule is c1ccc(C2=NC(c3cc(-c4ccc(N(c5ccccc5)c5ccc6oc7ccccc7c6c5)cc4)cc4oc5cc6ccccc6cc5c34)NC(c3ccccc3)=N2)cc1. The standard InChI is InChI=1S/C55H36N4O2/c1-4-14-36(15-5-1)53-56-54(37-16-6-2-7-17-37)58-55(57-53)47-31-40(33-51-52(47)46-30-38-18-10-11-19-39(38)32-50(46)61-51)35-24-26-42(27-25-35)59(41-20-8-3-9-21-41)43-28-29-49-45(34-43)44-22-12-13-23-48(44)60-49/h1-34,55H,(H,56,57,58). The molecule has 0 bridgehead atoms. The van der Waals surface area contributed by atoms with Crippen LogP contribution < -0.4 is 10.2 Å². The number of benzene rings is 9. The molecule has 0 fully saturated rings. The lowest BCUT2D eigenvalue weighted by molar-refractivity contribution is 0.663. The van der Waals surface area contributed by atoms with E-state index in [0.717, 1.165) is 105 Å². The summed E-state index contributed by atoms with van der Waals surface area (Å²) in [6.07, 6.45) is -0.459. The Morgan fingerprint density at radius 1 is 0.410 bits per heavy atom. The molecular formula is C55H36N4O2. The minimum Gasteiger partial charge on any atom is -0.456 e. The summed E-state index contributed by atoms with van der Waals surface area (Å²) in [5.41, 5.74) is 11.6. The van der Waals surface area contributed by atoms with Crippen molar-refractivity contribution in [2.75, 3.05) is 4.90 Å². The van der Waals surface area contributed by atoms with Crippen molar-refractivity contribution in [3.05, 3.63) is 223 Å². The number of nitrogens with zero attached hydrogens (tertiary/aromatic N) is 3. The Hall–Kier alpha value is -8.22. The largest absolute Gasteiger partial charge is 0.456 e. The molecule has 12 rings (SSSR count). The molecule has 9 aromatic carbocycles. The zero-order chi connectivity index (χ0) is 40.3. The molecule has 1 aliphatic rings. The Kier molecular flexibility index (Phi) is 8.13. The first-order valence-electron chi connectivity index (χ1n) is 20.5. The van der Waals surface area contributed by atoms with E-state index >= 15 is 0 Å². The minimum absolute atomic E-state index is 0.459. The second-order valence-corrected chi connectivity index (χ2v) is 15.4. The zero-order valence-electron chi connectivity index (χ0n) is 32.9. The molecule has 0 radical (unpaired) electrons. The molecule has 61 heavy (non-hydrogen) atoms. The Bertz CT molecular complexity index is 3500. The van der Waals surface area contributed by atoms with E-state index in [1.54, 1.807) is 0 Å². The van der Waals surface area contributed by atoms with Crippen molar-refractivity contribution >= 4 is 83.4 Å². The third-order valence-corrected chi connectivity index (χ3v) is 11.7. The van der Waals surface area contributed by atoms with Crippen LogP contribution in [0.15, 0.2) is 225 Å². The highest BCUT2D eigenvalue weighted by Crippen LogP contribution is 2.42. The van der Waals surface area contributed by atoms with Crippen molar-refractivity contribution in [2.24, 2.45) is 9.98 Å². The Morgan fingerprint density at radius 2 is 1.03 bits per heavy atom. The van der Waals surface area contributed by atoms with E-state index in [0.29, 0.717) is 5.84 Å². The quantitative estimate of drug-likeness (QED) is 0.175. The number of rotatable bonds is 7. The Labute approximate surface area is 351 Å². The van der Waals surface area contributed by atoms with Crippen LogP contribution in [0.4, 0.5) is 17.1 Å². The van der Waals surface area contributed by atoms with E-state index in [9.17, 15) is 0 Å². The van der Waals surface area contributed by atoms with Crippen molar-refractivity contribution in [1.29, 1.82) is 0 Å². The Morgan fingerprint density at radius 3 is 1.82 bits per heavy atom. The molecule has 0 saturated carbocycles. The van der Waals surface area contributed by atoms with Crippen molar-refractivity contribution in [2.45, 2.75) is 6.17 Å². The fraction of sp³-hybridized carbons (Fsp3) is 0.0182. The molecule has 6 heteroatoms. The van der Waals surface area contributed by atoms with Crippen LogP contribution in [0.3, 0.4) is 0 Å². The number of para-hydroxylation sites is 2. The molecule has 0 amide bonds. The Balaban J connectivity index is 1.02. The number of furan rings is 2. The normalized spacial score (nSPS) is 14.1. The summed E-state index contributed by atoms with van der Waals surface area (Å²) in [6, 6.07) is 71.6. The van der Waals surface area contributed by atoms with E-state index in [-0.39, 0.29) is 0 Å². The lowest BCUT2D eigenvalue weighted by Gasteiger charge is -2.26. The molecule has 3 heterocycles. The number of hydrogen-bond donors (Lipinski definition) is 1. The van der Waals surface area contributed by atoms with Crippen LogP contribution in [0, 0.1) is 0 Å². The van der Waals surface area contributed by atoms with Gasteiger partial charge in [-0.3, -0.25) is 0 Å². The highest BCUT2D eigenvalue weighted by atomic mass is 16.3. The van der Waals surface area contributed by atoms with Gasteiger partial charge >= 0.3 is 0 Å². The summed E-state index contributed by atoms with van der Waals surface area (Å²) >= 11 is 0. The van der Waals surface area contributed by atoms with Crippen LogP contribution in [0.2, 0.25) is 0 Å². The molecule has 2 aromatic heterocycles. The number of aliphatic imine (C=N–C) groups is 2. The van der Waals surface area contributed by atoms with Crippen LogP contribution in [-0.2, 0) is 0 Å². The van der Waals surface area contributed by atoms with Gasteiger partial charge in [-0.1, -0.05) is 133 Å². The molecule has 1 aliphatic heterocycles. The summed E-state index contributed by atoms with van der Waals surface area (Å²) in [7, 11) is 0. The first kappa shape index (κ1) is 34.8. The first-order chi connectivity index (χ1) is 30.2. The van der Waals surface area contributed by atoms with Crippen LogP contribution in [-0.4, -0.2) is 11.7 Å². The van der Waals surface area contributed by atoms with Gasteiger partial charge < -0.3 is 19.1 Å². The van der Waals surface area contributed by atoms with Crippen LogP contribution in [0.25, 0.3) is 65.8 Å². The van der Waals surface area contributed by atoms with Gasteiger partial charge in [-0.25, -0.2) is 9.98 Å². The van der Waals surface area contributed by atoms with E-state index in [1.807, 2.05) is 48.5 Å². The van der Waals surface area contributed by atoms with Crippen LogP contribution in [0.5, 0.6) is 0 Å². The molecule has 1 N–H and O–H groups in total. The third kappa shape index (κ3) is 6.12. The highest BCUT2D eigenvalue weighted by Gasteiger charge is 2.26. The predicted molar refractivity (Wildman–Crippen MR) is 250 cm³/mol. The monoisotopic (exact) mass is 784 g/mol. The lowest BCUT2D eigenvalue weighted by Crippen LogP contribution is -2.33. The predicted octanol–water partition coefficient (Wildman–Crippen LogP) is 14.3. The van der Waals surface area contributed by atoms with Crippen LogP contribution >= 0.6 is 0 Å². The maximum atomic E-state index is 6.79. The second-order valence-electron chi connectivity index (χ2n) is 15.4. The fourth-order valence-electron chi connectivity index (χ4n) is 8.75. The molecule has 1 unspecified atom stereocenters. The van der Waals surface area contributed by atoms with Gasteiger partial charge in [0.15, 0.2) is 5.84 Å². The summed E-state index contributed by atoms with van der Waals surface area (Å²) < 4.78 is 13.0. The van der Waals surface area contributed by atoms with E-state index in [4.69, 9.17) is 18.8 Å². The van der Waals surface area contributed by atoms with E-state index in [1.165, 1.54) is 0 Å². The lowest BCUT2D eigenvalue weighted by atomic mass is 9.95. The first-order valence-corrected chi connectivity index (χ1v) is 20.5. The minimum atomic E-state index is -0.459. The van der Waals surface area contributed by atoms with Crippen molar-refractivity contribution < 1.29 is 8.83 Å². The van der Waals surface area contributed by atoms with Crippen molar-refractivity contribution in [3.8, 4) is 11.1 Å². The number of anilines is 3. The van der Waals surface area contributed by atoms with Crippen molar-refractivity contribution in [1.82, 2.24) is 5.32 Å². The molecule has 0 aliphatic carbocycles. The van der Waals surface area contributed by atoms with Gasteiger partial charge in [-0.2, -0.15) is 0 Å². The number of hydrogen-bond acceptors (Lipinski definition) is 6. The second kappa shape index (κ2) is 14.3. The summed E-state index contributed by atoms with van der Waals surface area (Å²) in [6.45, 7) is 0. The van der Waals surface area contributed by atoms with Gasteiger partial charge in [0.25, 0.3) is 0 Å². The zero-order valence-corrected chi connectivity index (χ0v) is 32.9. The van der Waals surface area contributed by atoms with E-state index < -0.39 is 6.17 Å².